The molecule has 0 aromatic rings. The normalized spacial score (nSPS) is 28.0. The summed E-state index contributed by atoms with van der Waals surface area (Å²) in [6.45, 7) is 13.4. The Morgan fingerprint density at radius 1 is 1.26 bits per heavy atom. The van der Waals surface area contributed by atoms with Crippen molar-refractivity contribution >= 4 is 18.3 Å². The summed E-state index contributed by atoms with van der Waals surface area (Å²) in [4.78, 5) is 14.6. The van der Waals surface area contributed by atoms with Crippen LogP contribution in [0.4, 0.5) is 0 Å². The Balaban J connectivity index is 0.00000264. The Bertz CT molecular complexity index is 356. The molecule has 1 saturated heterocycles. The topological polar surface area (TPSA) is 44.4 Å². The molecule has 0 bridgehead atoms. The van der Waals surface area contributed by atoms with E-state index in [0.717, 1.165) is 58.0 Å². The molecule has 1 aliphatic carbocycles. The number of nitrogens with zero attached hydrogens (tertiary/aromatic N) is 1. The molecule has 2 N–H and O–H groups in total. The summed E-state index contributed by atoms with van der Waals surface area (Å²) in [6, 6.07) is 0. The second-order valence-corrected chi connectivity index (χ2v) is 8.28. The highest BCUT2D eigenvalue weighted by Gasteiger charge is 2.32. The number of rotatable bonds is 6. The zero-order chi connectivity index (χ0) is 16.0. The van der Waals surface area contributed by atoms with Crippen LogP contribution in [0.1, 0.15) is 52.9 Å². The van der Waals surface area contributed by atoms with E-state index in [4.69, 9.17) is 0 Å². The fourth-order valence-corrected chi connectivity index (χ4v) is 4.50. The average molecular weight is 346 g/mol. The molecule has 0 spiro atoms. The van der Waals surface area contributed by atoms with Gasteiger partial charge in [-0.3, -0.25) is 4.79 Å². The van der Waals surface area contributed by atoms with Crippen LogP contribution in [0, 0.1) is 17.3 Å². The second-order valence-electron chi connectivity index (χ2n) is 8.28. The third kappa shape index (κ3) is 7.86. The smallest absolute Gasteiger partial charge is 0.220 e. The van der Waals surface area contributed by atoms with E-state index in [0.29, 0.717) is 11.3 Å². The first kappa shape index (κ1) is 20.7. The highest BCUT2D eigenvalue weighted by atomic mass is 35.5. The van der Waals surface area contributed by atoms with Gasteiger partial charge in [-0.05, 0) is 49.5 Å². The summed E-state index contributed by atoms with van der Waals surface area (Å²) in [7, 11) is 0. The maximum atomic E-state index is 12.1. The quantitative estimate of drug-likeness (QED) is 0.727. The molecule has 4 nitrogen and oxygen atoms in total. The zero-order valence-electron chi connectivity index (χ0n) is 15.2. The van der Waals surface area contributed by atoms with E-state index in [2.05, 4.69) is 36.3 Å². The van der Waals surface area contributed by atoms with E-state index in [9.17, 15) is 4.79 Å². The van der Waals surface area contributed by atoms with Gasteiger partial charge in [0.2, 0.25) is 5.91 Å². The predicted octanol–water partition coefficient (Wildman–Crippen LogP) is 2.67. The van der Waals surface area contributed by atoms with Gasteiger partial charge >= 0.3 is 0 Å². The van der Waals surface area contributed by atoms with Gasteiger partial charge in [-0.15, -0.1) is 12.4 Å². The lowest BCUT2D eigenvalue weighted by Crippen LogP contribution is -2.44. The van der Waals surface area contributed by atoms with Crippen molar-refractivity contribution in [3.8, 4) is 0 Å². The van der Waals surface area contributed by atoms with Gasteiger partial charge in [0.05, 0.1) is 0 Å². The van der Waals surface area contributed by atoms with Crippen molar-refractivity contribution in [3.63, 3.8) is 0 Å². The van der Waals surface area contributed by atoms with Crippen LogP contribution in [0.2, 0.25) is 0 Å². The Labute approximate surface area is 148 Å². The van der Waals surface area contributed by atoms with E-state index in [1.54, 1.807) is 0 Å². The molecule has 0 aromatic heterocycles. The van der Waals surface area contributed by atoms with Gasteiger partial charge in [0.15, 0.2) is 0 Å². The number of amides is 1. The molecule has 1 amide bonds. The van der Waals surface area contributed by atoms with Gasteiger partial charge in [0, 0.05) is 39.1 Å². The molecule has 1 aliphatic heterocycles. The van der Waals surface area contributed by atoms with Crippen molar-refractivity contribution in [1.82, 2.24) is 15.5 Å². The molecule has 2 fully saturated rings. The van der Waals surface area contributed by atoms with Crippen molar-refractivity contribution in [3.05, 3.63) is 0 Å². The van der Waals surface area contributed by atoms with Crippen LogP contribution >= 0.6 is 12.4 Å². The van der Waals surface area contributed by atoms with Crippen LogP contribution in [0.15, 0.2) is 0 Å². The predicted molar refractivity (Wildman–Crippen MR) is 99.1 cm³/mol. The van der Waals surface area contributed by atoms with Gasteiger partial charge in [0.1, 0.15) is 0 Å². The third-order valence-corrected chi connectivity index (χ3v) is 5.13. The minimum absolute atomic E-state index is 0. The van der Waals surface area contributed by atoms with E-state index in [1.807, 2.05) is 0 Å². The SMILES string of the molecule is CC1CC(CC(=O)NCCCN2CCNCC2)CC(C)(C)C1.Cl. The van der Waals surface area contributed by atoms with Gasteiger partial charge in [0.25, 0.3) is 0 Å². The van der Waals surface area contributed by atoms with Crippen molar-refractivity contribution in [2.75, 3.05) is 39.3 Å². The fourth-order valence-electron chi connectivity index (χ4n) is 4.50. The highest BCUT2D eigenvalue weighted by Crippen LogP contribution is 2.42. The van der Waals surface area contributed by atoms with Crippen LogP contribution in [-0.4, -0.2) is 50.1 Å². The number of carbonyl (C=O) groups excluding carboxylic acids is 1. The number of piperazine rings is 1. The minimum atomic E-state index is 0. The standard InChI is InChI=1S/C18H35N3O.ClH/c1-15-11-16(14-18(2,3)13-15)12-17(22)20-5-4-8-21-9-6-19-7-10-21;/h15-16,19H,4-14H2,1-3H3,(H,20,22);1H. The van der Waals surface area contributed by atoms with Crippen LogP contribution < -0.4 is 10.6 Å². The Hall–Kier alpha value is -0.320. The van der Waals surface area contributed by atoms with E-state index in [1.165, 1.54) is 19.3 Å². The largest absolute Gasteiger partial charge is 0.356 e. The lowest BCUT2D eigenvalue weighted by molar-refractivity contribution is -0.122. The highest BCUT2D eigenvalue weighted by molar-refractivity contribution is 5.85. The maximum Gasteiger partial charge on any atom is 0.220 e. The molecule has 0 aromatic carbocycles. The monoisotopic (exact) mass is 345 g/mol. The molecule has 1 saturated carbocycles. The molecule has 2 atom stereocenters. The summed E-state index contributed by atoms with van der Waals surface area (Å²) in [5.74, 6) is 1.59. The first-order chi connectivity index (χ1) is 10.4. The summed E-state index contributed by atoms with van der Waals surface area (Å²) in [5, 5.41) is 6.50. The maximum absolute atomic E-state index is 12.1. The first-order valence-corrected chi connectivity index (χ1v) is 9.14. The number of hydrogen-bond donors (Lipinski definition) is 2. The van der Waals surface area contributed by atoms with E-state index in [-0.39, 0.29) is 18.3 Å². The molecule has 2 aliphatic rings. The summed E-state index contributed by atoms with van der Waals surface area (Å²) in [6.07, 6.45) is 5.51. The van der Waals surface area contributed by atoms with Gasteiger partial charge in [-0.1, -0.05) is 20.8 Å². The fraction of sp³-hybridized carbons (Fsp3) is 0.944. The van der Waals surface area contributed by atoms with Gasteiger partial charge in [-0.2, -0.15) is 0 Å². The molecular weight excluding hydrogens is 310 g/mol. The van der Waals surface area contributed by atoms with Crippen LogP contribution in [0.25, 0.3) is 0 Å². The lowest BCUT2D eigenvalue weighted by atomic mass is 9.67. The molecular formula is C18H36ClN3O. The first-order valence-electron chi connectivity index (χ1n) is 9.14. The van der Waals surface area contributed by atoms with Crippen molar-refractivity contribution in [2.24, 2.45) is 17.3 Å². The van der Waals surface area contributed by atoms with Crippen LogP contribution in [0.5, 0.6) is 0 Å². The number of nitrogens with one attached hydrogen (secondary N) is 2. The Morgan fingerprint density at radius 2 is 1.96 bits per heavy atom. The van der Waals surface area contributed by atoms with Crippen LogP contribution in [-0.2, 0) is 4.79 Å². The Kier molecular flexibility index (Phi) is 8.88. The lowest BCUT2D eigenvalue weighted by Gasteiger charge is -2.38. The number of halogens is 1. The molecule has 0 radical (unpaired) electrons. The zero-order valence-corrected chi connectivity index (χ0v) is 16.0. The molecule has 1 heterocycles. The summed E-state index contributed by atoms with van der Waals surface area (Å²) < 4.78 is 0. The van der Waals surface area contributed by atoms with Crippen molar-refractivity contribution in [1.29, 1.82) is 0 Å². The van der Waals surface area contributed by atoms with E-state index >= 15 is 0 Å². The van der Waals surface area contributed by atoms with E-state index < -0.39 is 0 Å². The minimum Gasteiger partial charge on any atom is -0.356 e. The summed E-state index contributed by atoms with van der Waals surface area (Å²) in [5.41, 5.74) is 0.408. The Morgan fingerprint density at radius 3 is 2.61 bits per heavy atom. The molecule has 2 rings (SSSR count). The van der Waals surface area contributed by atoms with Gasteiger partial charge in [-0.25, -0.2) is 0 Å². The number of carbonyl (C=O) groups is 1. The number of hydrogen-bond acceptors (Lipinski definition) is 3. The third-order valence-electron chi connectivity index (χ3n) is 5.13. The van der Waals surface area contributed by atoms with Crippen LogP contribution in [0.3, 0.4) is 0 Å². The molecule has 136 valence electrons. The molecule has 23 heavy (non-hydrogen) atoms. The van der Waals surface area contributed by atoms with Crippen molar-refractivity contribution < 1.29 is 4.79 Å². The molecule has 2 unspecified atom stereocenters. The molecule has 5 heteroatoms. The average Bonchev–Trinajstić information content (AvgIpc) is 2.42. The van der Waals surface area contributed by atoms with Gasteiger partial charge < -0.3 is 15.5 Å². The summed E-state index contributed by atoms with van der Waals surface area (Å²) >= 11 is 0. The van der Waals surface area contributed by atoms with Crippen molar-refractivity contribution in [2.45, 2.75) is 52.9 Å². The second kappa shape index (κ2) is 9.85.